The van der Waals surface area contributed by atoms with Crippen molar-refractivity contribution in [2.24, 2.45) is 11.8 Å². The number of rotatable bonds is 6. The lowest BCUT2D eigenvalue weighted by Gasteiger charge is -2.35. The van der Waals surface area contributed by atoms with Crippen LogP contribution in [0.2, 0.25) is 5.02 Å². The van der Waals surface area contributed by atoms with Crippen LogP contribution >= 0.6 is 11.6 Å². The van der Waals surface area contributed by atoms with Crippen LogP contribution in [0.25, 0.3) is 0 Å². The van der Waals surface area contributed by atoms with E-state index in [0.29, 0.717) is 10.9 Å². The third-order valence-electron chi connectivity index (χ3n) is 4.78. The maximum absolute atomic E-state index is 14.3. The fourth-order valence-corrected chi connectivity index (χ4v) is 3.77. The first-order valence-corrected chi connectivity index (χ1v) is 8.71. The number of nitrogens with one attached hydrogen (secondary N) is 1. The Morgan fingerprint density at radius 3 is 2.86 bits per heavy atom. The molecule has 0 aromatic heterocycles. The molecule has 0 radical (unpaired) electrons. The fraction of sp³-hybridized carbons (Fsp3) is 0.667. The SMILES string of the molecule is CCCNC(c1cc(Cl)ccc1F)C1CCCC(CC)C1. The van der Waals surface area contributed by atoms with Crippen molar-refractivity contribution in [3.63, 3.8) is 0 Å². The minimum Gasteiger partial charge on any atom is -0.310 e. The monoisotopic (exact) mass is 311 g/mol. The van der Waals surface area contributed by atoms with Gasteiger partial charge in [-0.2, -0.15) is 0 Å². The minimum atomic E-state index is -0.133. The molecule has 1 fully saturated rings. The van der Waals surface area contributed by atoms with Gasteiger partial charge in [-0.15, -0.1) is 0 Å². The Bertz CT molecular complexity index is 449. The summed E-state index contributed by atoms with van der Waals surface area (Å²) in [5.74, 6) is 1.17. The molecule has 118 valence electrons. The van der Waals surface area contributed by atoms with Gasteiger partial charge < -0.3 is 5.32 Å². The van der Waals surface area contributed by atoms with Gasteiger partial charge in [0.15, 0.2) is 0 Å². The van der Waals surface area contributed by atoms with E-state index in [-0.39, 0.29) is 11.9 Å². The van der Waals surface area contributed by atoms with Crippen molar-refractivity contribution in [2.75, 3.05) is 6.54 Å². The summed E-state index contributed by atoms with van der Waals surface area (Å²) in [5.41, 5.74) is 0.748. The first kappa shape index (κ1) is 16.8. The number of hydrogen-bond donors (Lipinski definition) is 1. The number of hydrogen-bond acceptors (Lipinski definition) is 1. The Morgan fingerprint density at radius 1 is 1.33 bits per heavy atom. The Hall–Kier alpha value is -0.600. The standard InChI is InChI=1S/C18H27ClFN/c1-3-10-21-18(14-7-5-6-13(4-2)11-14)16-12-15(19)8-9-17(16)20/h8-9,12-14,18,21H,3-7,10-11H2,1-2H3. The van der Waals surface area contributed by atoms with Crippen LogP contribution in [0.3, 0.4) is 0 Å². The minimum absolute atomic E-state index is 0.0954. The lowest BCUT2D eigenvalue weighted by atomic mass is 9.75. The highest BCUT2D eigenvalue weighted by atomic mass is 35.5. The predicted octanol–water partition coefficient (Wildman–Crippen LogP) is 5.74. The van der Waals surface area contributed by atoms with Crippen LogP contribution in [0.15, 0.2) is 18.2 Å². The van der Waals surface area contributed by atoms with E-state index < -0.39 is 0 Å². The van der Waals surface area contributed by atoms with Crippen molar-refractivity contribution in [3.05, 3.63) is 34.6 Å². The molecule has 3 atom stereocenters. The molecule has 1 saturated carbocycles. The topological polar surface area (TPSA) is 12.0 Å². The summed E-state index contributed by atoms with van der Waals surface area (Å²) in [6.07, 6.45) is 7.26. The van der Waals surface area contributed by atoms with Crippen LogP contribution in [0.1, 0.15) is 64.0 Å². The smallest absolute Gasteiger partial charge is 0.128 e. The van der Waals surface area contributed by atoms with Gasteiger partial charge in [-0.25, -0.2) is 4.39 Å². The Labute approximate surface area is 133 Å². The van der Waals surface area contributed by atoms with Gasteiger partial charge in [-0.3, -0.25) is 0 Å². The molecule has 1 aromatic carbocycles. The van der Waals surface area contributed by atoms with Crippen molar-refractivity contribution in [1.29, 1.82) is 0 Å². The van der Waals surface area contributed by atoms with E-state index in [1.54, 1.807) is 12.1 Å². The molecule has 21 heavy (non-hydrogen) atoms. The van der Waals surface area contributed by atoms with Crippen molar-refractivity contribution in [1.82, 2.24) is 5.32 Å². The van der Waals surface area contributed by atoms with Gasteiger partial charge >= 0.3 is 0 Å². The molecule has 0 amide bonds. The maximum Gasteiger partial charge on any atom is 0.128 e. The van der Waals surface area contributed by atoms with Crippen molar-refractivity contribution < 1.29 is 4.39 Å². The van der Waals surface area contributed by atoms with E-state index in [0.717, 1.165) is 24.4 Å². The maximum atomic E-state index is 14.3. The summed E-state index contributed by atoms with van der Waals surface area (Å²) < 4.78 is 14.3. The van der Waals surface area contributed by atoms with Crippen molar-refractivity contribution in [2.45, 2.75) is 58.4 Å². The van der Waals surface area contributed by atoms with E-state index in [4.69, 9.17) is 11.6 Å². The molecule has 1 N–H and O–H groups in total. The average Bonchev–Trinajstić information content (AvgIpc) is 2.51. The summed E-state index contributed by atoms with van der Waals surface area (Å²) in [5, 5.41) is 4.19. The number of halogens is 2. The molecule has 0 bridgehead atoms. The van der Waals surface area contributed by atoms with E-state index >= 15 is 0 Å². The van der Waals surface area contributed by atoms with Crippen LogP contribution in [0.5, 0.6) is 0 Å². The molecule has 3 heteroatoms. The van der Waals surface area contributed by atoms with Crippen molar-refractivity contribution >= 4 is 11.6 Å². The highest BCUT2D eigenvalue weighted by Crippen LogP contribution is 2.39. The quantitative estimate of drug-likeness (QED) is 0.706. The van der Waals surface area contributed by atoms with Crippen LogP contribution in [0.4, 0.5) is 4.39 Å². The zero-order valence-corrected chi connectivity index (χ0v) is 13.9. The molecule has 1 aromatic rings. The third kappa shape index (κ3) is 4.43. The summed E-state index contributed by atoms with van der Waals surface area (Å²) in [6.45, 7) is 5.33. The zero-order chi connectivity index (χ0) is 15.2. The normalized spacial score (nSPS) is 24.0. The predicted molar refractivity (Wildman–Crippen MR) is 88.2 cm³/mol. The molecule has 3 unspecified atom stereocenters. The van der Waals surface area contributed by atoms with Gasteiger partial charge in [0.1, 0.15) is 5.82 Å². The first-order valence-electron chi connectivity index (χ1n) is 8.34. The second kappa shape index (κ2) is 8.14. The first-order chi connectivity index (χ1) is 10.2. The average molecular weight is 312 g/mol. The molecule has 1 nitrogen and oxygen atoms in total. The lowest BCUT2D eigenvalue weighted by molar-refractivity contribution is 0.207. The van der Waals surface area contributed by atoms with Gasteiger partial charge in [0.05, 0.1) is 0 Å². The molecule has 0 saturated heterocycles. The largest absolute Gasteiger partial charge is 0.310 e. The summed E-state index contributed by atoms with van der Waals surface area (Å²) >= 11 is 6.10. The molecular weight excluding hydrogens is 285 g/mol. The lowest BCUT2D eigenvalue weighted by Crippen LogP contribution is -2.32. The summed E-state index contributed by atoms with van der Waals surface area (Å²) in [6, 6.07) is 5.03. The molecule has 1 aliphatic rings. The van der Waals surface area contributed by atoms with E-state index in [2.05, 4.69) is 19.2 Å². The molecular formula is C18H27ClFN. The highest BCUT2D eigenvalue weighted by molar-refractivity contribution is 6.30. The van der Waals surface area contributed by atoms with E-state index in [9.17, 15) is 4.39 Å². The van der Waals surface area contributed by atoms with Crippen LogP contribution in [-0.4, -0.2) is 6.54 Å². The summed E-state index contributed by atoms with van der Waals surface area (Å²) in [7, 11) is 0. The Kier molecular flexibility index (Phi) is 6.50. The van der Waals surface area contributed by atoms with Crippen LogP contribution in [0, 0.1) is 17.7 Å². The molecule has 0 spiro atoms. The van der Waals surface area contributed by atoms with Gasteiger partial charge in [-0.05, 0) is 55.8 Å². The second-order valence-corrected chi connectivity index (χ2v) is 6.74. The molecule has 1 aliphatic carbocycles. The Balaban J connectivity index is 2.22. The van der Waals surface area contributed by atoms with Gasteiger partial charge in [0.2, 0.25) is 0 Å². The third-order valence-corrected chi connectivity index (χ3v) is 5.01. The van der Waals surface area contributed by atoms with Crippen LogP contribution in [-0.2, 0) is 0 Å². The van der Waals surface area contributed by atoms with Crippen LogP contribution < -0.4 is 5.32 Å². The van der Waals surface area contributed by atoms with Crippen molar-refractivity contribution in [3.8, 4) is 0 Å². The highest BCUT2D eigenvalue weighted by Gasteiger charge is 2.30. The van der Waals surface area contributed by atoms with E-state index in [1.165, 1.54) is 38.2 Å². The van der Waals surface area contributed by atoms with E-state index in [1.807, 2.05) is 0 Å². The molecule has 0 heterocycles. The molecule has 2 rings (SSSR count). The zero-order valence-electron chi connectivity index (χ0n) is 13.2. The Morgan fingerprint density at radius 2 is 2.14 bits per heavy atom. The fourth-order valence-electron chi connectivity index (χ4n) is 3.59. The second-order valence-electron chi connectivity index (χ2n) is 6.30. The number of benzene rings is 1. The van der Waals surface area contributed by atoms with Gasteiger partial charge in [-0.1, -0.05) is 44.7 Å². The molecule has 0 aliphatic heterocycles. The van der Waals surface area contributed by atoms with Gasteiger partial charge in [0, 0.05) is 16.6 Å². The summed E-state index contributed by atoms with van der Waals surface area (Å²) in [4.78, 5) is 0. The van der Waals surface area contributed by atoms with Gasteiger partial charge in [0.25, 0.3) is 0 Å².